The highest BCUT2D eigenvalue weighted by atomic mass is 16.5. The lowest BCUT2D eigenvalue weighted by atomic mass is 10.0. The van der Waals surface area contributed by atoms with E-state index < -0.39 is 6.04 Å². The van der Waals surface area contributed by atoms with E-state index in [2.05, 4.69) is 50.3 Å². The molecule has 0 radical (unpaired) electrons. The highest BCUT2D eigenvalue weighted by molar-refractivity contribution is 5.86. The first-order valence-corrected chi connectivity index (χ1v) is 10.4. The molecular formula is C22H30N6O2. The number of hydrogen-bond donors (Lipinski definition) is 3. The van der Waals surface area contributed by atoms with Gasteiger partial charge in [-0.05, 0) is 37.0 Å². The van der Waals surface area contributed by atoms with Crippen molar-refractivity contribution in [2.24, 2.45) is 5.92 Å². The van der Waals surface area contributed by atoms with Crippen molar-refractivity contribution in [1.82, 2.24) is 15.8 Å². The third kappa shape index (κ3) is 5.30. The normalized spacial score (nSPS) is 15.0. The van der Waals surface area contributed by atoms with E-state index in [0.717, 1.165) is 43.0 Å². The average molecular weight is 411 g/mol. The Hall–Kier alpha value is -3.05. The van der Waals surface area contributed by atoms with Crippen LogP contribution in [0.5, 0.6) is 0 Å². The number of hydrogen-bond acceptors (Lipinski definition) is 7. The molecule has 1 atom stereocenters. The molecule has 2 aromatic rings. The zero-order valence-corrected chi connectivity index (χ0v) is 17.9. The minimum atomic E-state index is -0.510. The smallest absolute Gasteiger partial charge is 0.243 e. The van der Waals surface area contributed by atoms with E-state index in [0.29, 0.717) is 18.2 Å². The molecule has 1 aromatic carbocycles. The Bertz CT molecular complexity index is 878. The summed E-state index contributed by atoms with van der Waals surface area (Å²) in [6.07, 6.45) is 0.610. The van der Waals surface area contributed by atoms with Gasteiger partial charge in [-0.15, -0.1) is 0 Å². The molecule has 1 aromatic heterocycles. The third-order valence-corrected chi connectivity index (χ3v) is 5.17. The van der Waals surface area contributed by atoms with Crippen LogP contribution >= 0.6 is 0 Å². The maximum absolute atomic E-state index is 12.5. The number of benzene rings is 1. The first-order chi connectivity index (χ1) is 14.5. The number of nitriles is 1. The summed E-state index contributed by atoms with van der Waals surface area (Å²) in [7, 11) is 0. The van der Waals surface area contributed by atoms with Crippen molar-refractivity contribution >= 4 is 17.5 Å². The second-order valence-electron chi connectivity index (χ2n) is 7.96. The van der Waals surface area contributed by atoms with Crippen molar-refractivity contribution in [3.05, 3.63) is 30.0 Å². The van der Waals surface area contributed by atoms with Crippen LogP contribution in [-0.4, -0.2) is 49.8 Å². The summed E-state index contributed by atoms with van der Waals surface area (Å²) >= 11 is 0. The van der Waals surface area contributed by atoms with Gasteiger partial charge in [-0.1, -0.05) is 31.1 Å². The Kier molecular flexibility index (Phi) is 7.31. The molecule has 2 heterocycles. The quantitative estimate of drug-likeness (QED) is 0.574. The van der Waals surface area contributed by atoms with Gasteiger partial charge < -0.3 is 25.4 Å². The van der Waals surface area contributed by atoms with Gasteiger partial charge in [0.1, 0.15) is 12.6 Å². The maximum Gasteiger partial charge on any atom is 0.243 e. The second kappa shape index (κ2) is 10.1. The van der Waals surface area contributed by atoms with Gasteiger partial charge >= 0.3 is 0 Å². The van der Waals surface area contributed by atoms with E-state index in [4.69, 9.17) is 9.78 Å². The van der Waals surface area contributed by atoms with Gasteiger partial charge in [0.25, 0.3) is 0 Å². The Morgan fingerprint density at radius 3 is 2.63 bits per heavy atom. The Morgan fingerprint density at radius 2 is 2.00 bits per heavy atom. The van der Waals surface area contributed by atoms with E-state index in [1.165, 1.54) is 5.69 Å². The van der Waals surface area contributed by atoms with Crippen molar-refractivity contribution in [3.8, 4) is 17.2 Å². The van der Waals surface area contributed by atoms with Crippen LogP contribution in [0.25, 0.3) is 11.1 Å². The Morgan fingerprint density at radius 1 is 1.30 bits per heavy atom. The minimum absolute atomic E-state index is 0.0229. The van der Waals surface area contributed by atoms with Gasteiger partial charge in [0, 0.05) is 31.9 Å². The van der Waals surface area contributed by atoms with Crippen molar-refractivity contribution in [2.75, 3.05) is 42.9 Å². The van der Waals surface area contributed by atoms with Gasteiger partial charge in [-0.25, -0.2) is 0 Å². The van der Waals surface area contributed by atoms with Crippen LogP contribution in [0.1, 0.15) is 26.0 Å². The summed E-state index contributed by atoms with van der Waals surface area (Å²) < 4.78 is 5.54. The fourth-order valence-corrected chi connectivity index (χ4v) is 3.68. The van der Waals surface area contributed by atoms with E-state index in [-0.39, 0.29) is 12.5 Å². The number of aryl methyl sites for hydroxylation is 1. The lowest BCUT2D eigenvalue weighted by Gasteiger charge is -2.29. The summed E-state index contributed by atoms with van der Waals surface area (Å²) in [6, 6.07) is 9.79. The van der Waals surface area contributed by atoms with E-state index in [1.54, 1.807) is 0 Å². The van der Waals surface area contributed by atoms with Crippen molar-refractivity contribution in [3.63, 3.8) is 0 Å². The summed E-state index contributed by atoms with van der Waals surface area (Å²) in [6.45, 7) is 9.94. The molecule has 0 spiro atoms. The number of carbonyl (C=O) groups excluding carboxylic acids is 1. The zero-order chi connectivity index (χ0) is 21.5. The van der Waals surface area contributed by atoms with Gasteiger partial charge in [0.15, 0.2) is 0 Å². The molecule has 1 aliphatic rings. The fourth-order valence-electron chi connectivity index (χ4n) is 3.68. The third-order valence-electron chi connectivity index (χ3n) is 5.17. The number of piperazine rings is 1. The minimum Gasteiger partial charge on any atom is -0.369 e. The number of anilines is 2. The average Bonchev–Trinajstić information content (AvgIpc) is 3.12. The largest absolute Gasteiger partial charge is 0.369 e. The van der Waals surface area contributed by atoms with E-state index in [1.807, 2.05) is 26.8 Å². The van der Waals surface area contributed by atoms with Crippen LogP contribution in [-0.2, 0) is 4.79 Å². The number of carbonyl (C=O) groups is 1. The van der Waals surface area contributed by atoms with Crippen molar-refractivity contribution in [2.45, 2.75) is 33.2 Å². The molecule has 1 saturated heterocycles. The molecule has 3 rings (SSSR count). The number of rotatable bonds is 8. The first-order valence-electron chi connectivity index (χ1n) is 10.4. The van der Waals surface area contributed by atoms with Crippen LogP contribution in [0.2, 0.25) is 0 Å². The van der Waals surface area contributed by atoms with Crippen molar-refractivity contribution < 1.29 is 9.32 Å². The molecule has 3 N–H and O–H groups in total. The topological polar surface area (TPSA) is 106 Å². The Balaban J connectivity index is 1.81. The van der Waals surface area contributed by atoms with Crippen LogP contribution in [0, 0.1) is 24.2 Å². The summed E-state index contributed by atoms with van der Waals surface area (Å²) in [5, 5.41) is 22.1. The highest BCUT2D eigenvalue weighted by Crippen LogP contribution is 2.33. The number of nitrogens with zero attached hydrogens (tertiary/aromatic N) is 3. The standard InChI is InChI=1S/C22H30N6O2/c1-15(2)14-19(21(29)25-9-8-23)26-22-20(16(3)27-30-22)17-4-6-18(7-5-17)28-12-10-24-11-13-28/h4-7,15,19,24,26H,9-14H2,1-3H3,(H,25,29). The Labute approximate surface area is 177 Å². The molecule has 160 valence electrons. The van der Waals surface area contributed by atoms with E-state index in [9.17, 15) is 4.79 Å². The van der Waals surface area contributed by atoms with Gasteiger partial charge in [0.2, 0.25) is 11.8 Å². The molecule has 8 heteroatoms. The number of aromatic nitrogens is 1. The molecular weight excluding hydrogens is 380 g/mol. The molecule has 1 unspecified atom stereocenters. The summed E-state index contributed by atoms with van der Waals surface area (Å²) in [4.78, 5) is 14.9. The number of nitrogens with one attached hydrogen (secondary N) is 3. The lowest BCUT2D eigenvalue weighted by Crippen LogP contribution is -2.43. The predicted octanol–water partition coefficient (Wildman–Crippen LogP) is 2.53. The molecule has 1 fully saturated rings. The fraction of sp³-hybridized carbons (Fsp3) is 0.500. The predicted molar refractivity (Wildman–Crippen MR) is 117 cm³/mol. The molecule has 1 amide bonds. The molecule has 0 bridgehead atoms. The molecule has 0 aliphatic carbocycles. The summed E-state index contributed by atoms with van der Waals surface area (Å²) in [5.74, 6) is 0.542. The van der Waals surface area contributed by atoms with E-state index >= 15 is 0 Å². The SMILES string of the molecule is Cc1noc(NC(CC(C)C)C(=O)NCC#N)c1-c1ccc(N2CCNCC2)cc1. The van der Waals surface area contributed by atoms with Crippen LogP contribution < -0.4 is 20.9 Å². The van der Waals surface area contributed by atoms with Gasteiger partial charge in [-0.2, -0.15) is 5.26 Å². The summed E-state index contributed by atoms with van der Waals surface area (Å²) in [5.41, 5.74) is 3.78. The monoisotopic (exact) mass is 410 g/mol. The molecule has 8 nitrogen and oxygen atoms in total. The van der Waals surface area contributed by atoms with Gasteiger partial charge in [-0.3, -0.25) is 4.79 Å². The first kappa shape index (κ1) is 21.7. The van der Waals surface area contributed by atoms with Crippen LogP contribution in [0.4, 0.5) is 11.6 Å². The highest BCUT2D eigenvalue weighted by Gasteiger charge is 2.24. The van der Waals surface area contributed by atoms with Crippen LogP contribution in [0.3, 0.4) is 0 Å². The molecule has 0 saturated carbocycles. The lowest BCUT2D eigenvalue weighted by molar-refractivity contribution is -0.121. The molecule has 30 heavy (non-hydrogen) atoms. The zero-order valence-electron chi connectivity index (χ0n) is 17.9. The number of amides is 1. The maximum atomic E-state index is 12.5. The second-order valence-corrected chi connectivity index (χ2v) is 7.96. The van der Waals surface area contributed by atoms with Crippen molar-refractivity contribution in [1.29, 1.82) is 5.26 Å². The molecule has 1 aliphatic heterocycles. The van der Waals surface area contributed by atoms with Crippen LogP contribution in [0.15, 0.2) is 28.8 Å². The van der Waals surface area contributed by atoms with Gasteiger partial charge in [0.05, 0.1) is 17.3 Å².